The minimum atomic E-state index is -1.25. The highest BCUT2D eigenvalue weighted by atomic mass is 19.1. The van der Waals surface area contributed by atoms with Crippen LogP contribution >= 0.6 is 0 Å². The lowest BCUT2D eigenvalue weighted by atomic mass is 9.99. The summed E-state index contributed by atoms with van der Waals surface area (Å²) in [4.78, 5) is 14.6. The van der Waals surface area contributed by atoms with Crippen LogP contribution in [0.4, 0.5) is 8.78 Å². The molecule has 32 heavy (non-hydrogen) atoms. The predicted molar refractivity (Wildman–Crippen MR) is 122 cm³/mol. The Morgan fingerprint density at radius 2 is 1.03 bits per heavy atom. The van der Waals surface area contributed by atoms with E-state index in [2.05, 4.69) is 15.5 Å². The molecule has 0 radical (unpaired) electrons. The van der Waals surface area contributed by atoms with Crippen LogP contribution in [0.1, 0.15) is 60.6 Å². The number of halogens is 2. The van der Waals surface area contributed by atoms with Gasteiger partial charge in [0.1, 0.15) is 33.0 Å². The van der Waals surface area contributed by atoms with Gasteiger partial charge in [0.15, 0.2) is 0 Å². The number of hydrogen-bond acceptors (Lipinski definition) is 6. The van der Waals surface area contributed by atoms with Crippen molar-refractivity contribution in [1.82, 2.24) is 0 Å². The lowest BCUT2D eigenvalue weighted by molar-refractivity contribution is 0.211. The van der Waals surface area contributed by atoms with Gasteiger partial charge in [0.25, 0.3) is 0 Å². The molecule has 0 saturated carbocycles. The molecule has 0 unspecified atom stereocenters. The van der Waals surface area contributed by atoms with Gasteiger partial charge in [0.05, 0.1) is 28.1 Å². The van der Waals surface area contributed by atoms with E-state index in [4.69, 9.17) is 25.5 Å². The summed E-state index contributed by atoms with van der Waals surface area (Å²) in [6, 6.07) is -5.51. The van der Waals surface area contributed by atoms with Gasteiger partial charge < -0.3 is 14.5 Å². The third kappa shape index (κ3) is 8.45. The zero-order valence-electron chi connectivity index (χ0n) is 26.1. The van der Waals surface area contributed by atoms with Crippen LogP contribution in [-0.4, -0.2) is 38.5 Å². The van der Waals surface area contributed by atoms with E-state index in [-0.39, 0.29) is 35.4 Å². The fourth-order valence-corrected chi connectivity index (χ4v) is 2.80. The minimum Gasteiger partial charge on any atom is -0.399 e. The van der Waals surface area contributed by atoms with Crippen LogP contribution < -0.4 is 0 Å². The molecule has 0 fully saturated rings. The molecular weight excluding hydrogens is 416 g/mol. The number of oxime groups is 3. The van der Waals surface area contributed by atoms with Crippen molar-refractivity contribution in [3.63, 3.8) is 0 Å². The highest BCUT2D eigenvalue weighted by Gasteiger charge is 2.10. The third-order valence-corrected chi connectivity index (χ3v) is 4.15. The van der Waals surface area contributed by atoms with E-state index >= 15 is 0 Å². The summed E-state index contributed by atoms with van der Waals surface area (Å²) in [5.74, 6) is -2.51. The largest absolute Gasteiger partial charge is 0.399 e. The van der Waals surface area contributed by atoms with E-state index in [1.807, 2.05) is 0 Å². The summed E-state index contributed by atoms with van der Waals surface area (Å²) in [7, 11) is 3.88. The van der Waals surface area contributed by atoms with Crippen molar-refractivity contribution in [2.45, 2.75) is 38.5 Å². The van der Waals surface area contributed by atoms with Crippen LogP contribution in [-0.2, 0) is 14.5 Å². The zero-order chi connectivity index (χ0) is 30.1. The number of rotatable bonds is 13. The summed E-state index contributed by atoms with van der Waals surface area (Å²) >= 11 is 0. The molecule has 2 rings (SSSR count). The van der Waals surface area contributed by atoms with E-state index in [0.717, 1.165) is 0 Å². The normalized spacial score (nSPS) is 16.1. The van der Waals surface area contributed by atoms with Gasteiger partial charge in [0, 0.05) is 0 Å². The molecule has 6 nitrogen and oxygen atoms in total. The minimum absolute atomic E-state index is 0.102. The Bertz CT molecular complexity index is 1190. The van der Waals surface area contributed by atoms with Gasteiger partial charge in [-0.25, -0.2) is 8.78 Å². The molecular formula is C24H29F2N3O3. The van der Waals surface area contributed by atoms with Crippen LogP contribution in [0.3, 0.4) is 0 Å². The summed E-state index contributed by atoms with van der Waals surface area (Å²) in [5, 5.41) is 11.7. The summed E-state index contributed by atoms with van der Waals surface area (Å²) < 4.78 is 91.1. The van der Waals surface area contributed by atoms with Gasteiger partial charge in [-0.3, -0.25) is 0 Å². The topological polar surface area (TPSA) is 64.8 Å². The number of nitrogens with zero attached hydrogens (tertiary/aromatic N) is 3. The molecule has 0 aliphatic rings. The van der Waals surface area contributed by atoms with Crippen LogP contribution in [0.5, 0.6) is 0 Å². The molecule has 172 valence electrons. The number of benzene rings is 2. The first kappa shape index (κ1) is 15.5. The zero-order valence-corrected chi connectivity index (χ0v) is 18.1. The second-order valence-corrected chi connectivity index (χ2v) is 6.37. The number of hydrogen-bond donors (Lipinski definition) is 0. The van der Waals surface area contributed by atoms with Gasteiger partial charge in [-0.05, 0) is 73.8 Å². The van der Waals surface area contributed by atoms with E-state index in [1.54, 1.807) is 0 Å². The Morgan fingerprint density at radius 3 is 1.38 bits per heavy atom. The standard InChI is InChI=1S/C24H29F2N3O3/c1-30-27-22(6-4-8-23(28-31-2)18-10-14-20(25)15-11-18)7-5-9-24(29-32-3)19-12-16-21(26)17-13-19/h10-17H,4-9H2,1-3H3/b27-22?,28-23-,29-24+/i10D,11D,12D,13D,14D,15D,16D,17D. The van der Waals surface area contributed by atoms with Gasteiger partial charge in [-0.1, -0.05) is 39.6 Å². The molecule has 0 atom stereocenters. The van der Waals surface area contributed by atoms with Crippen LogP contribution in [0, 0.1) is 11.6 Å². The first-order chi connectivity index (χ1) is 18.9. The molecule has 0 saturated heterocycles. The molecule has 0 spiro atoms. The Labute approximate surface area is 198 Å². The second kappa shape index (κ2) is 13.9. The van der Waals surface area contributed by atoms with Gasteiger partial charge in [0.2, 0.25) is 0 Å². The summed E-state index contributed by atoms with van der Waals surface area (Å²) in [6.45, 7) is 0. The van der Waals surface area contributed by atoms with Gasteiger partial charge >= 0.3 is 0 Å². The van der Waals surface area contributed by atoms with Crippen LogP contribution in [0.15, 0.2) is 63.8 Å². The van der Waals surface area contributed by atoms with Gasteiger partial charge in [-0.15, -0.1) is 0 Å². The Morgan fingerprint density at radius 1 is 0.656 bits per heavy atom. The van der Waals surface area contributed by atoms with Crippen molar-refractivity contribution < 1.29 is 34.3 Å². The average molecular weight is 454 g/mol. The van der Waals surface area contributed by atoms with Crippen LogP contribution in [0.25, 0.3) is 0 Å². The van der Waals surface area contributed by atoms with E-state index in [9.17, 15) is 8.78 Å². The van der Waals surface area contributed by atoms with Crippen molar-refractivity contribution >= 4 is 17.1 Å². The second-order valence-electron chi connectivity index (χ2n) is 6.37. The van der Waals surface area contributed by atoms with Gasteiger partial charge in [-0.2, -0.15) is 0 Å². The maximum atomic E-state index is 14.0. The lowest BCUT2D eigenvalue weighted by Crippen LogP contribution is -2.07. The maximum absolute atomic E-state index is 14.0. The molecule has 2 aromatic carbocycles. The maximum Gasteiger partial charge on any atom is 0.123 e. The first-order valence-electron chi connectivity index (χ1n) is 13.7. The molecule has 8 heteroatoms. The van der Waals surface area contributed by atoms with E-state index in [0.29, 0.717) is 31.4 Å². The van der Waals surface area contributed by atoms with Crippen molar-refractivity contribution in [3.05, 3.63) is 71.1 Å². The van der Waals surface area contributed by atoms with E-state index < -0.39 is 60.0 Å². The highest BCUT2D eigenvalue weighted by molar-refractivity contribution is 6.01. The van der Waals surface area contributed by atoms with Crippen molar-refractivity contribution in [1.29, 1.82) is 0 Å². The Balaban J connectivity index is 2.17. The third-order valence-electron chi connectivity index (χ3n) is 4.15. The van der Waals surface area contributed by atoms with Crippen LogP contribution in [0.2, 0.25) is 0 Å². The van der Waals surface area contributed by atoms with E-state index in [1.165, 1.54) is 21.3 Å². The molecule has 0 heterocycles. The molecule has 0 aliphatic carbocycles. The predicted octanol–water partition coefficient (Wildman–Crippen LogP) is 5.71. The highest BCUT2D eigenvalue weighted by Crippen LogP contribution is 2.15. The lowest BCUT2D eigenvalue weighted by Gasteiger charge is -2.09. The van der Waals surface area contributed by atoms with Crippen molar-refractivity contribution in [3.8, 4) is 0 Å². The smallest absolute Gasteiger partial charge is 0.123 e. The average Bonchev–Trinajstić information content (AvgIpc) is 2.93. The molecule has 0 N–H and O–H groups in total. The Hall–Kier alpha value is -3.29. The molecule has 0 aromatic heterocycles. The summed E-state index contributed by atoms with van der Waals surface area (Å²) in [5.41, 5.74) is 0.468. The van der Waals surface area contributed by atoms with Crippen molar-refractivity contribution in [2.24, 2.45) is 15.5 Å². The quantitative estimate of drug-likeness (QED) is 0.288. The first-order valence-corrected chi connectivity index (χ1v) is 9.74. The molecule has 0 aliphatic heterocycles. The monoisotopic (exact) mass is 453 g/mol. The molecule has 2 aromatic rings. The van der Waals surface area contributed by atoms with Crippen molar-refractivity contribution in [2.75, 3.05) is 21.3 Å². The fourth-order valence-electron chi connectivity index (χ4n) is 2.80. The Kier molecular flexibility index (Phi) is 6.73. The SMILES string of the molecule is [2H]c1c([2H])c(/C(CCCC(CCC/C(=N\OC)c2c([2H])c([2H])c(F)c([2H])c2[2H])=NOC)=N\OC)c([2H])c([2H])c1F. The molecule has 0 bridgehead atoms. The summed E-state index contributed by atoms with van der Waals surface area (Å²) in [6.07, 6.45) is 1.75. The molecule has 0 amide bonds. The fraction of sp³-hybridized carbons (Fsp3) is 0.375.